The first-order valence-electron chi connectivity index (χ1n) is 10.4. The predicted octanol–water partition coefficient (Wildman–Crippen LogP) is 3.56. The lowest BCUT2D eigenvalue weighted by molar-refractivity contribution is -0.130. The van der Waals surface area contributed by atoms with E-state index < -0.39 is 0 Å². The molecule has 152 valence electrons. The highest BCUT2D eigenvalue weighted by molar-refractivity contribution is 5.79. The average Bonchev–Trinajstić information content (AvgIpc) is 2.99. The van der Waals surface area contributed by atoms with Gasteiger partial charge in [0.1, 0.15) is 5.76 Å². The molecule has 0 radical (unpaired) electrons. The standard InChI is InChI=1S/C23H33N3O2/c1-17-8-5-6-10-21(17)11-13-26-12-7-9-20(16-26)15-25(4)23(27)14-22-18(2)24-28-19(22)3/h5-6,8,10,20H,7,9,11-16H2,1-4H3/t20-/m1/s1. The molecule has 1 saturated heterocycles. The van der Waals surface area contributed by atoms with E-state index in [0.29, 0.717) is 12.3 Å². The molecule has 0 aliphatic carbocycles. The average molecular weight is 384 g/mol. The van der Waals surface area contributed by atoms with E-state index in [9.17, 15) is 4.79 Å². The van der Waals surface area contributed by atoms with E-state index in [1.807, 2.05) is 25.8 Å². The molecule has 0 bridgehead atoms. The number of hydrogen-bond acceptors (Lipinski definition) is 4. The Morgan fingerprint density at radius 3 is 2.79 bits per heavy atom. The molecule has 1 aromatic carbocycles. The second-order valence-corrected chi connectivity index (χ2v) is 8.24. The van der Waals surface area contributed by atoms with Crippen molar-refractivity contribution in [2.24, 2.45) is 5.92 Å². The highest BCUT2D eigenvalue weighted by Gasteiger charge is 2.23. The SMILES string of the molecule is Cc1ccccc1CCN1CCC[C@H](CN(C)C(=O)Cc2c(C)noc2C)C1. The third-order valence-corrected chi connectivity index (χ3v) is 6.03. The van der Waals surface area contributed by atoms with E-state index in [4.69, 9.17) is 4.52 Å². The van der Waals surface area contributed by atoms with Crippen LogP contribution in [0.4, 0.5) is 0 Å². The first-order chi connectivity index (χ1) is 13.4. The second-order valence-electron chi connectivity index (χ2n) is 8.24. The van der Waals surface area contributed by atoms with Gasteiger partial charge in [0.15, 0.2) is 0 Å². The van der Waals surface area contributed by atoms with E-state index >= 15 is 0 Å². The van der Waals surface area contributed by atoms with Gasteiger partial charge >= 0.3 is 0 Å². The van der Waals surface area contributed by atoms with Crippen LogP contribution >= 0.6 is 0 Å². The monoisotopic (exact) mass is 383 g/mol. The number of rotatable bonds is 7. The van der Waals surface area contributed by atoms with E-state index in [-0.39, 0.29) is 5.91 Å². The first-order valence-corrected chi connectivity index (χ1v) is 10.4. The predicted molar refractivity (Wildman–Crippen MR) is 111 cm³/mol. The molecule has 1 aliphatic rings. The Morgan fingerprint density at radius 1 is 1.29 bits per heavy atom. The fraction of sp³-hybridized carbons (Fsp3) is 0.565. The van der Waals surface area contributed by atoms with E-state index in [1.165, 1.54) is 30.5 Å². The molecule has 5 nitrogen and oxygen atoms in total. The second kappa shape index (κ2) is 9.37. The fourth-order valence-corrected chi connectivity index (χ4v) is 4.20. The Labute approximate surface area is 168 Å². The van der Waals surface area contributed by atoms with Gasteiger partial charge in [-0.15, -0.1) is 0 Å². The van der Waals surface area contributed by atoms with Gasteiger partial charge in [0.25, 0.3) is 0 Å². The Bertz CT molecular complexity index is 779. The number of nitrogens with zero attached hydrogens (tertiary/aromatic N) is 3. The first kappa shape index (κ1) is 20.6. The third kappa shape index (κ3) is 5.22. The molecule has 0 N–H and O–H groups in total. The zero-order valence-corrected chi connectivity index (χ0v) is 17.7. The summed E-state index contributed by atoms with van der Waals surface area (Å²) in [5.41, 5.74) is 4.57. The molecule has 2 aromatic rings. The van der Waals surface area contributed by atoms with Crippen LogP contribution in [0.5, 0.6) is 0 Å². The third-order valence-electron chi connectivity index (χ3n) is 6.03. The fourth-order valence-electron chi connectivity index (χ4n) is 4.20. The van der Waals surface area contributed by atoms with Crippen molar-refractivity contribution < 1.29 is 9.32 Å². The lowest BCUT2D eigenvalue weighted by Gasteiger charge is -2.35. The van der Waals surface area contributed by atoms with Crippen LogP contribution < -0.4 is 0 Å². The van der Waals surface area contributed by atoms with Crippen LogP contribution in [-0.2, 0) is 17.6 Å². The maximum atomic E-state index is 12.7. The van der Waals surface area contributed by atoms with E-state index in [2.05, 4.69) is 41.2 Å². The summed E-state index contributed by atoms with van der Waals surface area (Å²) in [7, 11) is 1.92. The number of hydrogen-bond donors (Lipinski definition) is 0. The van der Waals surface area contributed by atoms with Gasteiger partial charge < -0.3 is 14.3 Å². The van der Waals surface area contributed by atoms with Crippen molar-refractivity contribution in [2.45, 2.75) is 46.5 Å². The number of benzene rings is 1. The summed E-state index contributed by atoms with van der Waals surface area (Å²) in [5, 5.41) is 3.95. The molecule has 3 rings (SSSR count). The number of aromatic nitrogens is 1. The van der Waals surface area contributed by atoms with Crippen LogP contribution in [0.25, 0.3) is 0 Å². The lowest BCUT2D eigenvalue weighted by Crippen LogP contribution is -2.42. The van der Waals surface area contributed by atoms with Gasteiger partial charge in [-0.2, -0.15) is 0 Å². The zero-order chi connectivity index (χ0) is 20.1. The molecule has 5 heteroatoms. The number of piperidine rings is 1. The van der Waals surface area contributed by atoms with Gasteiger partial charge in [-0.25, -0.2) is 0 Å². The Morgan fingerprint density at radius 2 is 2.07 bits per heavy atom. The summed E-state index contributed by atoms with van der Waals surface area (Å²) in [6.07, 6.45) is 3.88. The summed E-state index contributed by atoms with van der Waals surface area (Å²) in [6, 6.07) is 8.65. The van der Waals surface area contributed by atoms with Gasteiger partial charge in [0.2, 0.25) is 5.91 Å². The Balaban J connectivity index is 1.48. The van der Waals surface area contributed by atoms with Crippen LogP contribution in [-0.4, -0.2) is 54.1 Å². The zero-order valence-electron chi connectivity index (χ0n) is 17.7. The highest BCUT2D eigenvalue weighted by atomic mass is 16.5. The van der Waals surface area contributed by atoms with Crippen molar-refractivity contribution in [1.82, 2.24) is 15.0 Å². The number of amides is 1. The number of aryl methyl sites for hydroxylation is 3. The molecule has 1 aliphatic heterocycles. The van der Waals surface area contributed by atoms with Crippen LogP contribution in [0.3, 0.4) is 0 Å². The van der Waals surface area contributed by atoms with Gasteiger partial charge in [-0.05, 0) is 63.6 Å². The molecular formula is C23H33N3O2. The molecule has 28 heavy (non-hydrogen) atoms. The van der Waals surface area contributed by atoms with Crippen LogP contribution in [0.2, 0.25) is 0 Å². The molecule has 2 heterocycles. The quantitative estimate of drug-likeness (QED) is 0.734. The van der Waals surface area contributed by atoms with Gasteiger partial charge in [-0.3, -0.25) is 4.79 Å². The number of carbonyl (C=O) groups is 1. The molecule has 1 amide bonds. The minimum Gasteiger partial charge on any atom is -0.361 e. The maximum Gasteiger partial charge on any atom is 0.226 e. The van der Waals surface area contributed by atoms with E-state index in [1.54, 1.807) is 0 Å². The number of likely N-dealkylation sites (N-methyl/N-ethyl adjacent to an activating group) is 1. The maximum absolute atomic E-state index is 12.7. The summed E-state index contributed by atoms with van der Waals surface area (Å²) in [5.74, 6) is 1.44. The molecule has 0 spiro atoms. The van der Waals surface area contributed by atoms with Gasteiger partial charge in [0, 0.05) is 32.2 Å². The molecular weight excluding hydrogens is 350 g/mol. The normalized spacial score (nSPS) is 17.6. The summed E-state index contributed by atoms with van der Waals surface area (Å²) < 4.78 is 5.18. The van der Waals surface area contributed by atoms with Crippen molar-refractivity contribution in [3.8, 4) is 0 Å². The smallest absolute Gasteiger partial charge is 0.226 e. The summed E-state index contributed by atoms with van der Waals surface area (Å²) in [6.45, 7) is 10.1. The van der Waals surface area contributed by atoms with Crippen LogP contribution in [0.1, 0.15) is 41.0 Å². The molecule has 1 fully saturated rings. The minimum absolute atomic E-state index is 0.145. The lowest BCUT2D eigenvalue weighted by atomic mass is 9.96. The van der Waals surface area contributed by atoms with Crippen molar-refractivity contribution in [2.75, 3.05) is 33.2 Å². The van der Waals surface area contributed by atoms with Crippen molar-refractivity contribution >= 4 is 5.91 Å². The van der Waals surface area contributed by atoms with Crippen molar-refractivity contribution in [3.63, 3.8) is 0 Å². The van der Waals surface area contributed by atoms with Gasteiger partial charge in [0.05, 0.1) is 12.1 Å². The van der Waals surface area contributed by atoms with E-state index in [0.717, 1.165) is 43.1 Å². The molecule has 0 saturated carbocycles. The van der Waals surface area contributed by atoms with Crippen LogP contribution in [0.15, 0.2) is 28.8 Å². The largest absolute Gasteiger partial charge is 0.361 e. The molecule has 1 atom stereocenters. The van der Waals surface area contributed by atoms with Gasteiger partial charge in [-0.1, -0.05) is 29.4 Å². The summed E-state index contributed by atoms with van der Waals surface area (Å²) >= 11 is 0. The number of likely N-dealkylation sites (tertiary alicyclic amines) is 1. The van der Waals surface area contributed by atoms with Crippen molar-refractivity contribution in [3.05, 3.63) is 52.4 Å². The Kier molecular flexibility index (Phi) is 6.89. The Hall–Kier alpha value is -2.14. The molecule has 1 aromatic heterocycles. The minimum atomic E-state index is 0.145. The summed E-state index contributed by atoms with van der Waals surface area (Å²) in [4.78, 5) is 17.1. The highest BCUT2D eigenvalue weighted by Crippen LogP contribution is 2.20. The van der Waals surface area contributed by atoms with Crippen LogP contribution in [0, 0.1) is 26.7 Å². The number of carbonyl (C=O) groups excluding carboxylic acids is 1. The molecule has 0 unspecified atom stereocenters. The van der Waals surface area contributed by atoms with Crippen molar-refractivity contribution in [1.29, 1.82) is 0 Å². The topological polar surface area (TPSA) is 49.6 Å².